The molecule has 1 heterocycles. The van der Waals surface area contributed by atoms with Crippen LogP contribution in [0, 0.1) is 11.7 Å². The summed E-state index contributed by atoms with van der Waals surface area (Å²) in [7, 11) is -3.55. The van der Waals surface area contributed by atoms with E-state index in [2.05, 4.69) is 10.0 Å². The van der Waals surface area contributed by atoms with Crippen molar-refractivity contribution in [2.24, 2.45) is 5.92 Å². The van der Waals surface area contributed by atoms with Crippen LogP contribution in [0.15, 0.2) is 18.2 Å². The number of rotatable bonds is 4. The van der Waals surface area contributed by atoms with Crippen molar-refractivity contribution < 1.29 is 12.8 Å². The van der Waals surface area contributed by atoms with Gasteiger partial charge in [-0.15, -0.1) is 0 Å². The van der Waals surface area contributed by atoms with Gasteiger partial charge in [-0.25, -0.2) is 12.8 Å². The fraction of sp³-hybridized carbons (Fsp3) is 0.500. The van der Waals surface area contributed by atoms with E-state index in [0.717, 1.165) is 32.0 Å². The number of anilines is 1. The van der Waals surface area contributed by atoms with E-state index < -0.39 is 15.8 Å². The Hall–Kier alpha value is -0.850. The highest BCUT2D eigenvalue weighted by atomic mass is 35.5. The van der Waals surface area contributed by atoms with E-state index in [1.54, 1.807) is 0 Å². The van der Waals surface area contributed by atoms with Crippen molar-refractivity contribution in [1.82, 2.24) is 5.32 Å². The van der Waals surface area contributed by atoms with E-state index >= 15 is 0 Å². The highest BCUT2D eigenvalue weighted by molar-refractivity contribution is 7.92. The van der Waals surface area contributed by atoms with Crippen molar-refractivity contribution in [3.05, 3.63) is 29.0 Å². The Bertz CT molecular complexity index is 545. The number of nitrogens with one attached hydrogen (secondary N) is 2. The lowest BCUT2D eigenvalue weighted by Crippen LogP contribution is -2.33. The molecule has 0 atom stereocenters. The average molecular weight is 307 g/mol. The third kappa shape index (κ3) is 4.33. The van der Waals surface area contributed by atoms with Gasteiger partial charge < -0.3 is 5.32 Å². The maximum atomic E-state index is 13.5. The minimum Gasteiger partial charge on any atom is -0.317 e. The quantitative estimate of drug-likeness (QED) is 0.897. The summed E-state index contributed by atoms with van der Waals surface area (Å²) >= 11 is 5.73. The highest BCUT2D eigenvalue weighted by Crippen LogP contribution is 2.22. The molecule has 1 saturated heterocycles. The zero-order chi connectivity index (χ0) is 13.9. The predicted molar refractivity (Wildman–Crippen MR) is 74.4 cm³/mol. The smallest absolute Gasteiger partial charge is 0.233 e. The van der Waals surface area contributed by atoms with Crippen LogP contribution in [-0.4, -0.2) is 27.3 Å². The minimum absolute atomic E-state index is 0.0145. The van der Waals surface area contributed by atoms with Gasteiger partial charge in [-0.1, -0.05) is 11.6 Å². The Labute approximate surface area is 117 Å². The first kappa shape index (κ1) is 14.6. The average Bonchev–Trinajstić information content (AvgIpc) is 2.34. The summed E-state index contributed by atoms with van der Waals surface area (Å²) in [6, 6.07) is 3.79. The first-order chi connectivity index (χ1) is 8.96. The number of halogens is 2. The molecule has 0 aromatic heterocycles. The van der Waals surface area contributed by atoms with Crippen LogP contribution in [0.1, 0.15) is 12.8 Å². The van der Waals surface area contributed by atoms with Crippen LogP contribution in [0.25, 0.3) is 0 Å². The predicted octanol–water partition coefficient (Wildman–Crippen LogP) is 2.22. The molecule has 1 aliphatic rings. The van der Waals surface area contributed by atoms with Crippen molar-refractivity contribution in [1.29, 1.82) is 0 Å². The van der Waals surface area contributed by atoms with E-state index in [-0.39, 0.29) is 17.4 Å². The van der Waals surface area contributed by atoms with Gasteiger partial charge in [0.25, 0.3) is 0 Å². The molecule has 0 bridgehead atoms. The van der Waals surface area contributed by atoms with Crippen molar-refractivity contribution in [2.45, 2.75) is 12.8 Å². The number of benzene rings is 1. The fourth-order valence-electron chi connectivity index (χ4n) is 2.14. The Balaban J connectivity index is 2.05. The number of hydrogen-bond acceptors (Lipinski definition) is 3. The molecule has 2 rings (SSSR count). The summed E-state index contributed by atoms with van der Waals surface area (Å²) in [6.07, 6.45) is 1.64. The molecule has 0 unspecified atom stereocenters. The van der Waals surface area contributed by atoms with Crippen LogP contribution in [0.4, 0.5) is 10.1 Å². The topological polar surface area (TPSA) is 58.2 Å². The van der Waals surface area contributed by atoms with E-state index in [0.29, 0.717) is 5.02 Å². The number of piperidine rings is 1. The zero-order valence-electron chi connectivity index (χ0n) is 10.3. The second-order valence-corrected chi connectivity index (χ2v) is 6.90. The van der Waals surface area contributed by atoms with Gasteiger partial charge in [0.15, 0.2) is 0 Å². The van der Waals surface area contributed by atoms with Gasteiger partial charge in [0.1, 0.15) is 5.82 Å². The first-order valence-electron chi connectivity index (χ1n) is 6.12. The van der Waals surface area contributed by atoms with Crippen molar-refractivity contribution >= 4 is 27.3 Å². The van der Waals surface area contributed by atoms with Crippen LogP contribution in [0.5, 0.6) is 0 Å². The maximum Gasteiger partial charge on any atom is 0.233 e. The zero-order valence-corrected chi connectivity index (χ0v) is 11.9. The lowest BCUT2D eigenvalue weighted by molar-refractivity contribution is 0.402. The SMILES string of the molecule is O=S(=O)(CC1CCNCC1)Nc1cc(Cl)ccc1F. The van der Waals surface area contributed by atoms with Crippen molar-refractivity contribution in [3.8, 4) is 0 Å². The third-order valence-corrected chi connectivity index (χ3v) is 4.78. The maximum absolute atomic E-state index is 13.5. The summed E-state index contributed by atoms with van der Waals surface area (Å²) in [6.45, 7) is 1.65. The molecular weight excluding hydrogens is 291 g/mol. The van der Waals surface area contributed by atoms with Crippen LogP contribution < -0.4 is 10.0 Å². The first-order valence-corrected chi connectivity index (χ1v) is 8.15. The second kappa shape index (κ2) is 6.07. The van der Waals surface area contributed by atoms with Crippen LogP contribution in [0.2, 0.25) is 5.02 Å². The lowest BCUT2D eigenvalue weighted by Gasteiger charge is -2.22. The van der Waals surface area contributed by atoms with Gasteiger partial charge in [-0.2, -0.15) is 0 Å². The van der Waals surface area contributed by atoms with Gasteiger partial charge in [0, 0.05) is 5.02 Å². The third-order valence-electron chi connectivity index (χ3n) is 3.11. The van der Waals surface area contributed by atoms with E-state index in [1.165, 1.54) is 12.1 Å². The number of hydrogen-bond donors (Lipinski definition) is 2. The molecule has 2 N–H and O–H groups in total. The molecule has 1 aromatic rings. The molecule has 0 aliphatic carbocycles. The summed E-state index contributed by atoms with van der Waals surface area (Å²) in [5.41, 5.74) is -0.0959. The van der Waals surface area contributed by atoms with Crippen LogP contribution >= 0.6 is 11.6 Å². The van der Waals surface area contributed by atoms with Gasteiger partial charge in [-0.05, 0) is 50.0 Å². The van der Waals surface area contributed by atoms with Crippen LogP contribution in [0.3, 0.4) is 0 Å². The molecule has 19 heavy (non-hydrogen) atoms. The molecule has 1 fully saturated rings. The normalized spacial score (nSPS) is 17.4. The molecule has 4 nitrogen and oxygen atoms in total. The largest absolute Gasteiger partial charge is 0.317 e. The molecular formula is C12H16ClFN2O2S. The van der Waals surface area contributed by atoms with Gasteiger partial charge >= 0.3 is 0 Å². The van der Waals surface area contributed by atoms with Gasteiger partial charge in [0.2, 0.25) is 10.0 Å². The molecule has 106 valence electrons. The summed E-state index contributed by atoms with van der Waals surface area (Å²) in [5.74, 6) is -0.500. The van der Waals surface area contributed by atoms with Crippen LogP contribution in [-0.2, 0) is 10.0 Å². The molecule has 0 saturated carbocycles. The number of sulfonamides is 1. The fourth-order valence-corrected chi connectivity index (χ4v) is 3.84. The van der Waals surface area contributed by atoms with Crippen molar-refractivity contribution in [2.75, 3.05) is 23.6 Å². The Morgan fingerprint density at radius 1 is 1.37 bits per heavy atom. The Kier molecular flexibility index (Phi) is 4.65. The van der Waals surface area contributed by atoms with Gasteiger partial charge in [0.05, 0.1) is 11.4 Å². The highest BCUT2D eigenvalue weighted by Gasteiger charge is 2.22. The van der Waals surface area contributed by atoms with Crippen molar-refractivity contribution in [3.63, 3.8) is 0 Å². The minimum atomic E-state index is -3.55. The molecule has 0 amide bonds. The monoisotopic (exact) mass is 306 g/mol. The van der Waals surface area contributed by atoms with E-state index in [1.807, 2.05) is 0 Å². The Morgan fingerprint density at radius 2 is 2.05 bits per heavy atom. The summed E-state index contributed by atoms with van der Waals surface area (Å²) < 4.78 is 39.7. The standard InChI is InChI=1S/C12H16ClFN2O2S/c13-10-1-2-11(14)12(7-10)16-19(17,18)8-9-3-5-15-6-4-9/h1-2,7,9,15-16H,3-6,8H2. The molecule has 7 heteroatoms. The van der Waals surface area contributed by atoms with E-state index in [9.17, 15) is 12.8 Å². The Morgan fingerprint density at radius 3 is 2.74 bits per heavy atom. The molecule has 0 radical (unpaired) electrons. The summed E-state index contributed by atoms with van der Waals surface area (Å²) in [4.78, 5) is 0. The second-order valence-electron chi connectivity index (χ2n) is 4.70. The lowest BCUT2D eigenvalue weighted by atomic mass is 10.0. The molecule has 1 aromatic carbocycles. The molecule has 1 aliphatic heterocycles. The van der Waals surface area contributed by atoms with Gasteiger partial charge in [-0.3, -0.25) is 4.72 Å². The molecule has 0 spiro atoms. The summed E-state index contributed by atoms with van der Waals surface area (Å²) in [5, 5.41) is 3.47. The van der Waals surface area contributed by atoms with E-state index in [4.69, 9.17) is 11.6 Å².